The number of rotatable bonds is 5. The van der Waals surface area contributed by atoms with Gasteiger partial charge in [0.15, 0.2) is 0 Å². The predicted octanol–water partition coefficient (Wildman–Crippen LogP) is 1.80. The van der Waals surface area contributed by atoms with E-state index in [2.05, 4.69) is 0 Å². The summed E-state index contributed by atoms with van der Waals surface area (Å²) in [5.41, 5.74) is -0.0501. The molecule has 1 saturated heterocycles. The summed E-state index contributed by atoms with van der Waals surface area (Å²) in [4.78, 5) is 1.12. The Labute approximate surface area is 99.8 Å². The van der Waals surface area contributed by atoms with Gasteiger partial charge in [-0.2, -0.15) is 0 Å². The maximum absolute atomic E-state index is 9.32. The van der Waals surface area contributed by atoms with Crippen LogP contribution in [0.5, 0.6) is 5.75 Å². The molecule has 1 N–H and O–H groups in total. The molecule has 0 aromatic heterocycles. The maximum Gasteiger partial charge on any atom is 0.132 e. The molecule has 1 aliphatic heterocycles. The third-order valence-corrected chi connectivity index (χ3v) is 4.16. The molecule has 1 aromatic carbocycles. The van der Waals surface area contributed by atoms with Crippen LogP contribution in [0.25, 0.3) is 0 Å². The first-order chi connectivity index (χ1) is 7.79. The summed E-state index contributed by atoms with van der Waals surface area (Å²) in [6.45, 7) is 1.51. The van der Waals surface area contributed by atoms with E-state index in [1.165, 1.54) is 0 Å². The Bertz CT molecular complexity index is 344. The van der Waals surface area contributed by atoms with Crippen LogP contribution in [-0.4, -0.2) is 37.8 Å². The highest BCUT2D eigenvalue weighted by Crippen LogP contribution is 2.37. The van der Waals surface area contributed by atoms with Gasteiger partial charge >= 0.3 is 0 Å². The lowest BCUT2D eigenvalue weighted by Gasteiger charge is -2.39. The second-order valence-electron chi connectivity index (χ2n) is 4.09. The first-order valence-corrected chi connectivity index (χ1v) is 6.23. The Morgan fingerprint density at radius 3 is 2.75 bits per heavy atom. The lowest BCUT2D eigenvalue weighted by Crippen LogP contribution is -2.47. The first kappa shape index (κ1) is 11.8. The van der Waals surface area contributed by atoms with Gasteiger partial charge in [-0.15, -0.1) is 11.8 Å². The van der Waals surface area contributed by atoms with E-state index in [4.69, 9.17) is 9.47 Å². The smallest absolute Gasteiger partial charge is 0.132 e. The molecule has 4 heteroatoms. The van der Waals surface area contributed by atoms with Gasteiger partial charge < -0.3 is 14.6 Å². The fourth-order valence-corrected chi connectivity index (χ4v) is 2.77. The highest BCUT2D eigenvalue weighted by molar-refractivity contribution is 7.99. The van der Waals surface area contributed by atoms with E-state index in [0.717, 1.165) is 16.4 Å². The van der Waals surface area contributed by atoms with Crippen LogP contribution in [0, 0.1) is 5.41 Å². The molecule has 0 aliphatic carbocycles. The van der Waals surface area contributed by atoms with E-state index in [1.54, 1.807) is 18.9 Å². The first-order valence-electron chi connectivity index (χ1n) is 5.24. The van der Waals surface area contributed by atoms with Crippen LogP contribution in [0.3, 0.4) is 0 Å². The molecule has 0 spiro atoms. The molecule has 1 aliphatic rings. The van der Waals surface area contributed by atoms with Gasteiger partial charge in [0, 0.05) is 16.1 Å². The Morgan fingerprint density at radius 2 is 2.19 bits per heavy atom. The zero-order valence-corrected chi connectivity index (χ0v) is 10.1. The van der Waals surface area contributed by atoms with Gasteiger partial charge in [0.2, 0.25) is 0 Å². The zero-order chi connectivity index (χ0) is 11.4. The summed E-state index contributed by atoms with van der Waals surface area (Å²) in [7, 11) is 1.67. The van der Waals surface area contributed by atoms with E-state index in [-0.39, 0.29) is 12.0 Å². The Balaban J connectivity index is 1.98. The molecular formula is C12H16O3S. The monoisotopic (exact) mass is 240 g/mol. The van der Waals surface area contributed by atoms with E-state index >= 15 is 0 Å². The van der Waals surface area contributed by atoms with Gasteiger partial charge in [-0.05, 0) is 12.1 Å². The molecule has 1 fully saturated rings. The zero-order valence-electron chi connectivity index (χ0n) is 9.31. The van der Waals surface area contributed by atoms with Gasteiger partial charge in [-0.25, -0.2) is 0 Å². The number of benzene rings is 1. The number of hydrogen-bond acceptors (Lipinski definition) is 4. The molecule has 1 heterocycles. The van der Waals surface area contributed by atoms with Crippen LogP contribution in [-0.2, 0) is 4.74 Å². The van der Waals surface area contributed by atoms with Gasteiger partial charge in [-0.3, -0.25) is 0 Å². The number of aliphatic hydroxyl groups excluding tert-OH is 1. The number of thioether (sulfide) groups is 1. The summed E-state index contributed by atoms with van der Waals surface area (Å²) in [5, 5.41) is 9.32. The average Bonchev–Trinajstić information content (AvgIpc) is 2.29. The number of aliphatic hydroxyl groups is 1. The molecule has 0 atom stereocenters. The number of hydrogen-bond donors (Lipinski definition) is 1. The molecule has 0 unspecified atom stereocenters. The van der Waals surface area contributed by atoms with Crippen molar-refractivity contribution in [2.24, 2.45) is 5.41 Å². The molecule has 1 aromatic rings. The molecule has 0 radical (unpaired) electrons. The standard InChI is InChI=1S/C12H16O3S/c1-14-10-4-2-3-5-11(10)16-9-12(6-13)7-15-8-12/h2-5,13H,6-9H2,1H3. The Morgan fingerprint density at radius 1 is 1.44 bits per heavy atom. The average molecular weight is 240 g/mol. The third kappa shape index (κ3) is 2.34. The van der Waals surface area contributed by atoms with Gasteiger partial charge in [-0.1, -0.05) is 12.1 Å². The van der Waals surface area contributed by atoms with Gasteiger partial charge in [0.1, 0.15) is 5.75 Å². The Kier molecular flexibility index (Phi) is 3.74. The van der Waals surface area contributed by atoms with Crippen molar-refractivity contribution in [3.05, 3.63) is 24.3 Å². The summed E-state index contributed by atoms with van der Waals surface area (Å²) < 4.78 is 10.5. The minimum absolute atomic E-state index is 0.0501. The van der Waals surface area contributed by atoms with Crippen molar-refractivity contribution in [3.8, 4) is 5.75 Å². The minimum atomic E-state index is -0.0501. The molecule has 16 heavy (non-hydrogen) atoms. The topological polar surface area (TPSA) is 38.7 Å². The van der Waals surface area contributed by atoms with Crippen LogP contribution < -0.4 is 4.74 Å². The molecule has 2 rings (SSSR count). The highest BCUT2D eigenvalue weighted by Gasteiger charge is 2.38. The lowest BCUT2D eigenvalue weighted by atomic mass is 9.90. The number of methoxy groups -OCH3 is 1. The predicted molar refractivity (Wildman–Crippen MR) is 64.1 cm³/mol. The second-order valence-corrected chi connectivity index (χ2v) is 5.11. The fourth-order valence-electron chi connectivity index (χ4n) is 1.58. The number of para-hydroxylation sites is 1. The van der Waals surface area contributed by atoms with Crippen LogP contribution in [0.15, 0.2) is 29.2 Å². The Hall–Kier alpha value is -0.710. The minimum Gasteiger partial charge on any atom is -0.496 e. The normalized spacial score (nSPS) is 17.9. The van der Waals surface area contributed by atoms with E-state index in [0.29, 0.717) is 13.2 Å². The van der Waals surface area contributed by atoms with Crippen LogP contribution in [0.4, 0.5) is 0 Å². The van der Waals surface area contributed by atoms with E-state index < -0.39 is 0 Å². The summed E-state index contributed by atoms with van der Waals surface area (Å²) in [5.74, 6) is 1.75. The SMILES string of the molecule is COc1ccccc1SCC1(CO)COC1. The van der Waals surface area contributed by atoms with Crippen molar-refractivity contribution in [2.75, 3.05) is 32.7 Å². The largest absolute Gasteiger partial charge is 0.496 e. The summed E-state index contributed by atoms with van der Waals surface area (Å²) in [6, 6.07) is 7.93. The van der Waals surface area contributed by atoms with Crippen molar-refractivity contribution < 1.29 is 14.6 Å². The lowest BCUT2D eigenvalue weighted by molar-refractivity contribution is -0.121. The molecule has 88 valence electrons. The number of ether oxygens (including phenoxy) is 2. The van der Waals surface area contributed by atoms with E-state index in [9.17, 15) is 5.11 Å². The third-order valence-electron chi connectivity index (χ3n) is 2.75. The van der Waals surface area contributed by atoms with E-state index in [1.807, 2.05) is 24.3 Å². The maximum atomic E-state index is 9.32. The van der Waals surface area contributed by atoms with Crippen molar-refractivity contribution in [2.45, 2.75) is 4.90 Å². The summed E-state index contributed by atoms with van der Waals surface area (Å²) >= 11 is 1.71. The van der Waals surface area contributed by atoms with Crippen LogP contribution in [0.2, 0.25) is 0 Å². The molecule has 0 saturated carbocycles. The quantitative estimate of drug-likeness (QED) is 0.796. The molecule has 0 amide bonds. The van der Waals surface area contributed by atoms with Crippen molar-refractivity contribution in [3.63, 3.8) is 0 Å². The fraction of sp³-hybridized carbons (Fsp3) is 0.500. The molecular weight excluding hydrogens is 224 g/mol. The van der Waals surface area contributed by atoms with Gasteiger partial charge in [0.25, 0.3) is 0 Å². The summed E-state index contributed by atoms with van der Waals surface area (Å²) in [6.07, 6.45) is 0. The highest BCUT2D eigenvalue weighted by atomic mass is 32.2. The van der Waals surface area contributed by atoms with Crippen molar-refractivity contribution >= 4 is 11.8 Å². The van der Waals surface area contributed by atoms with Crippen molar-refractivity contribution in [1.29, 1.82) is 0 Å². The molecule has 3 nitrogen and oxygen atoms in total. The van der Waals surface area contributed by atoms with Crippen molar-refractivity contribution in [1.82, 2.24) is 0 Å². The molecule has 0 bridgehead atoms. The van der Waals surface area contributed by atoms with Crippen LogP contribution >= 0.6 is 11.8 Å². The van der Waals surface area contributed by atoms with Crippen LogP contribution in [0.1, 0.15) is 0 Å². The van der Waals surface area contributed by atoms with Gasteiger partial charge in [0.05, 0.1) is 26.9 Å². The second kappa shape index (κ2) is 5.08.